The molecule has 0 radical (unpaired) electrons. The highest BCUT2D eigenvalue weighted by atomic mass is 127. The Bertz CT molecular complexity index is 481. The van der Waals surface area contributed by atoms with Gasteiger partial charge in [0.2, 0.25) is 0 Å². The number of guanidine groups is 1. The van der Waals surface area contributed by atoms with E-state index < -0.39 is 10.8 Å². The average molecular weight is 527 g/mol. The summed E-state index contributed by atoms with van der Waals surface area (Å²) in [7, 11) is -0.674. The SMILES string of the molecule is CCNC(=NCCCN1CC(C)CC(C)C1)NC1CCCC(S(=O)CC)C1.I. The molecule has 1 aliphatic carbocycles. The molecule has 0 aromatic carbocycles. The molecule has 166 valence electrons. The Kier molecular flexibility index (Phi) is 13.2. The number of aliphatic imine (C=N–C) groups is 1. The zero-order valence-corrected chi connectivity index (χ0v) is 21.6. The highest BCUT2D eigenvalue weighted by molar-refractivity contribution is 14.0. The number of hydrogen-bond donors (Lipinski definition) is 2. The van der Waals surface area contributed by atoms with Gasteiger partial charge in [-0.25, -0.2) is 0 Å². The van der Waals surface area contributed by atoms with Crippen LogP contribution in [0, 0.1) is 11.8 Å². The molecular formula is C21H43IN4OS. The van der Waals surface area contributed by atoms with Gasteiger partial charge >= 0.3 is 0 Å². The lowest BCUT2D eigenvalue weighted by atomic mass is 9.92. The lowest BCUT2D eigenvalue weighted by Gasteiger charge is -2.34. The number of piperidine rings is 1. The summed E-state index contributed by atoms with van der Waals surface area (Å²) in [6.45, 7) is 14.3. The minimum atomic E-state index is -0.674. The van der Waals surface area contributed by atoms with Crippen LogP contribution in [0.2, 0.25) is 0 Å². The van der Waals surface area contributed by atoms with Crippen LogP contribution in [0.5, 0.6) is 0 Å². The van der Waals surface area contributed by atoms with E-state index in [0.717, 1.165) is 68.9 Å². The molecule has 7 heteroatoms. The van der Waals surface area contributed by atoms with Crippen molar-refractivity contribution in [2.75, 3.05) is 38.5 Å². The van der Waals surface area contributed by atoms with Crippen molar-refractivity contribution >= 4 is 40.7 Å². The van der Waals surface area contributed by atoms with Gasteiger partial charge in [0.05, 0.1) is 0 Å². The van der Waals surface area contributed by atoms with Crippen molar-refractivity contribution in [1.29, 1.82) is 0 Å². The highest BCUT2D eigenvalue weighted by Crippen LogP contribution is 2.23. The van der Waals surface area contributed by atoms with Crippen molar-refractivity contribution in [1.82, 2.24) is 15.5 Å². The van der Waals surface area contributed by atoms with E-state index >= 15 is 0 Å². The summed E-state index contributed by atoms with van der Waals surface area (Å²) >= 11 is 0. The van der Waals surface area contributed by atoms with Crippen molar-refractivity contribution in [2.24, 2.45) is 16.8 Å². The van der Waals surface area contributed by atoms with Gasteiger partial charge in [-0.3, -0.25) is 9.20 Å². The molecule has 1 aliphatic heterocycles. The van der Waals surface area contributed by atoms with Crippen LogP contribution >= 0.6 is 24.0 Å². The predicted octanol–water partition coefficient (Wildman–Crippen LogP) is 3.61. The quantitative estimate of drug-likeness (QED) is 0.220. The second kappa shape index (κ2) is 14.2. The Morgan fingerprint density at radius 1 is 1.14 bits per heavy atom. The van der Waals surface area contributed by atoms with Gasteiger partial charge in [0.15, 0.2) is 5.96 Å². The van der Waals surface area contributed by atoms with E-state index in [-0.39, 0.29) is 24.0 Å². The summed E-state index contributed by atoms with van der Waals surface area (Å²) in [6.07, 6.45) is 6.93. The van der Waals surface area contributed by atoms with Crippen molar-refractivity contribution < 1.29 is 4.21 Å². The molecule has 5 nitrogen and oxygen atoms in total. The number of likely N-dealkylation sites (tertiary alicyclic amines) is 1. The first-order valence-corrected chi connectivity index (χ1v) is 12.5. The lowest BCUT2D eigenvalue weighted by Crippen LogP contribution is -2.46. The predicted molar refractivity (Wildman–Crippen MR) is 133 cm³/mol. The largest absolute Gasteiger partial charge is 0.357 e. The molecule has 0 aromatic rings. The van der Waals surface area contributed by atoms with E-state index in [2.05, 4.69) is 36.3 Å². The van der Waals surface area contributed by atoms with E-state index in [0.29, 0.717) is 11.3 Å². The Hall–Kier alpha value is 0.110. The zero-order chi connectivity index (χ0) is 19.6. The first kappa shape index (κ1) is 26.1. The summed E-state index contributed by atoms with van der Waals surface area (Å²) in [5, 5.41) is 7.35. The van der Waals surface area contributed by atoms with E-state index in [4.69, 9.17) is 4.99 Å². The molecule has 2 N–H and O–H groups in total. The third-order valence-electron chi connectivity index (χ3n) is 5.81. The molecule has 0 amide bonds. The molecule has 2 fully saturated rings. The summed E-state index contributed by atoms with van der Waals surface area (Å²) in [5.41, 5.74) is 0. The van der Waals surface area contributed by atoms with Crippen LogP contribution in [0.15, 0.2) is 4.99 Å². The van der Waals surface area contributed by atoms with Crippen LogP contribution in [0.25, 0.3) is 0 Å². The zero-order valence-electron chi connectivity index (χ0n) is 18.4. The van der Waals surface area contributed by atoms with Gasteiger partial charge in [-0.05, 0) is 57.4 Å². The Morgan fingerprint density at radius 3 is 2.50 bits per heavy atom. The second-order valence-corrected chi connectivity index (χ2v) is 10.6. The molecule has 28 heavy (non-hydrogen) atoms. The fourth-order valence-electron chi connectivity index (χ4n) is 4.72. The third kappa shape index (κ3) is 9.28. The van der Waals surface area contributed by atoms with E-state index in [1.807, 2.05) is 6.92 Å². The summed E-state index contributed by atoms with van der Waals surface area (Å²) < 4.78 is 12.2. The van der Waals surface area contributed by atoms with Gasteiger partial charge in [-0.2, -0.15) is 0 Å². The molecule has 1 saturated carbocycles. The van der Waals surface area contributed by atoms with Crippen LogP contribution in [-0.2, 0) is 10.8 Å². The molecule has 0 spiro atoms. The molecule has 2 rings (SSSR count). The topological polar surface area (TPSA) is 56.7 Å². The van der Waals surface area contributed by atoms with Crippen molar-refractivity contribution in [3.05, 3.63) is 0 Å². The maximum absolute atomic E-state index is 12.2. The summed E-state index contributed by atoms with van der Waals surface area (Å²) in [6, 6.07) is 0.404. The molecule has 2 aliphatic rings. The molecule has 5 unspecified atom stereocenters. The minimum Gasteiger partial charge on any atom is -0.357 e. The van der Waals surface area contributed by atoms with E-state index in [1.54, 1.807) is 0 Å². The van der Waals surface area contributed by atoms with Crippen LogP contribution in [0.1, 0.15) is 66.2 Å². The van der Waals surface area contributed by atoms with E-state index in [9.17, 15) is 4.21 Å². The number of hydrogen-bond acceptors (Lipinski definition) is 3. The van der Waals surface area contributed by atoms with Crippen molar-refractivity contribution in [3.63, 3.8) is 0 Å². The molecule has 1 heterocycles. The Labute approximate surface area is 192 Å². The number of nitrogens with one attached hydrogen (secondary N) is 2. The molecular weight excluding hydrogens is 483 g/mol. The minimum absolute atomic E-state index is 0. The van der Waals surface area contributed by atoms with Crippen LogP contribution in [0.4, 0.5) is 0 Å². The van der Waals surface area contributed by atoms with Crippen LogP contribution in [-0.4, -0.2) is 64.8 Å². The third-order valence-corrected chi connectivity index (χ3v) is 7.56. The number of nitrogens with zero attached hydrogens (tertiary/aromatic N) is 2. The van der Waals surface area contributed by atoms with Crippen molar-refractivity contribution in [2.45, 2.75) is 77.5 Å². The summed E-state index contributed by atoms with van der Waals surface area (Å²) in [5.74, 6) is 3.36. The Morgan fingerprint density at radius 2 is 1.86 bits per heavy atom. The Balaban J connectivity index is 0.00000392. The molecule has 5 atom stereocenters. The van der Waals surface area contributed by atoms with Gasteiger partial charge in [0.1, 0.15) is 0 Å². The fourth-order valence-corrected chi connectivity index (χ4v) is 6.07. The van der Waals surface area contributed by atoms with Gasteiger partial charge in [0.25, 0.3) is 0 Å². The van der Waals surface area contributed by atoms with Crippen LogP contribution in [0.3, 0.4) is 0 Å². The normalized spacial score (nSPS) is 30.4. The van der Waals surface area contributed by atoms with Gasteiger partial charge in [-0.1, -0.05) is 27.2 Å². The standard InChI is InChI=1S/C21H42N4OS.HI/c1-5-22-21(24-19-9-7-10-20(14-19)27(26)6-2)23-11-8-12-25-15-17(3)13-18(4)16-25;/h17-20H,5-16H2,1-4H3,(H2,22,23,24);1H. The maximum Gasteiger partial charge on any atom is 0.191 e. The molecule has 1 saturated heterocycles. The van der Waals surface area contributed by atoms with E-state index in [1.165, 1.54) is 25.9 Å². The van der Waals surface area contributed by atoms with Crippen LogP contribution < -0.4 is 10.6 Å². The summed E-state index contributed by atoms with van der Waals surface area (Å²) in [4.78, 5) is 7.42. The second-order valence-electron chi connectivity index (χ2n) is 8.62. The molecule has 0 aromatic heterocycles. The van der Waals surface area contributed by atoms with Gasteiger partial charge < -0.3 is 15.5 Å². The molecule has 0 bridgehead atoms. The smallest absolute Gasteiger partial charge is 0.191 e. The van der Waals surface area contributed by atoms with Gasteiger partial charge in [-0.15, -0.1) is 24.0 Å². The monoisotopic (exact) mass is 526 g/mol. The fraction of sp³-hybridized carbons (Fsp3) is 0.952. The highest BCUT2D eigenvalue weighted by Gasteiger charge is 2.26. The first-order valence-electron chi connectivity index (χ1n) is 11.2. The van der Waals surface area contributed by atoms with Crippen molar-refractivity contribution in [3.8, 4) is 0 Å². The number of rotatable bonds is 8. The first-order chi connectivity index (χ1) is 13.0. The maximum atomic E-state index is 12.2. The lowest BCUT2D eigenvalue weighted by molar-refractivity contribution is 0.140. The number of halogens is 1. The average Bonchev–Trinajstić information content (AvgIpc) is 2.64. The van der Waals surface area contributed by atoms with Gasteiger partial charge in [0, 0.05) is 54.0 Å².